The molecule has 2 rings (SSSR count). The van der Waals surface area contributed by atoms with E-state index in [9.17, 15) is 13.5 Å². The second-order valence-corrected chi connectivity index (χ2v) is 7.86. The molecule has 0 bridgehead atoms. The largest absolute Gasteiger partial charge is 0.467 e. The van der Waals surface area contributed by atoms with Crippen molar-refractivity contribution in [2.24, 2.45) is 0 Å². The summed E-state index contributed by atoms with van der Waals surface area (Å²) in [5.41, 5.74) is 0. The number of hydrogen-bond donors (Lipinski definition) is 1. The van der Waals surface area contributed by atoms with Gasteiger partial charge in [-0.2, -0.15) is 4.31 Å². The molecule has 1 N–H and O–H groups in total. The molecular weight excluding hydrogens is 242 g/mol. The van der Waals surface area contributed by atoms with Crippen LogP contribution in [0.1, 0.15) is 32.6 Å². The monoisotopic (exact) mass is 259 g/mol. The highest BCUT2D eigenvalue weighted by molar-refractivity contribution is 7.90. The summed E-state index contributed by atoms with van der Waals surface area (Å²) in [6, 6.07) is 2.92. The van der Waals surface area contributed by atoms with Gasteiger partial charge in [-0.05, 0) is 32.9 Å². The van der Waals surface area contributed by atoms with Gasteiger partial charge in [0.2, 0.25) is 10.0 Å². The summed E-state index contributed by atoms with van der Waals surface area (Å²) in [6.07, 6.45) is 0.575. The molecule has 1 saturated heterocycles. The Labute approximate surface area is 101 Å². The summed E-state index contributed by atoms with van der Waals surface area (Å²) in [4.78, 5) is 0. The van der Waals surface area contributed by atoms with Crippen molar-refractivity contribution < 1.29 is 17.9 Å². The molecule has 0 amide bonds. The molecule has 17 heavy (non-hydrogen) atoms. The molecule has 96 valence electrons. The molecule has 1 aliphatic heterocycles. The van der Waals surface area contributed by atoms with Crippen molar-refractivity contribution in [2.75, 3.05) is 6.54 Å². The van der Waals surface area contributed by atoms with E-state index in [0.29, 0.717) is 12.3 Å². The van der Waals surface area contributed by atoms with Gasteiger partial charge in [-0.25, -0.2) is 8.42 Å². The molecule has 1 aromatic rings. The van der Waals surface area contributed by atoms with Gasteiger partial charge >= 0.3 is 0 Å². The maximum Gasteiger partial charge on any atom is 0.219 e. The van der Waals surface area contributed by atoms with Crippen LogP contribution in [-0.2, 0) is 10.0 Å². The predicted octanol–water partition coefficient (Wildman–Crippen LogP) is 1.13. The maximum atomic E-state index is 12.1. The standard InChI is InChI=1S/C11H17NO4S/c1-11(2,3)17(14,15)12-7-8(12)10(13)9-5-4-6-16-9/h4-6,8,10,13H,7H2,1-3H3/t8-,10?,12?/m1/s1. The lowest BCUT2D eigenvalue weighted by molar-refractivity contribution is 0.140. The fraction of sp³-hybridized carbons (Fsp3) is 0.636. The van der Waals surface area contributed by atoms with Crippen LogP contribution in [0.15, 0.2) is 22.8 Å². The highest BCUT2D eigenvalue weighted by Gasteiger charge is 2.52. The third kappa shape index (κ3) is 2.12. The Kier molecular flexibility index (Phi) is 2.84. The van der Waals surface area contributed by atoms with Crippen LogP contribution in [0.5, 0.6) is 0 Å². The zero-order chi connectivity index (χ0) is 12.8. The molecule has 0 aliphatic carbocycles. The Morgan fingerprint density at radius 1 is 1.53 bits per heavy atom. The van der Waals surface area contributed by atoms with Crippen LogP contribution in [-0.4, -0.2) is 35.2 Å². The summed E-state index contributed by atoms with van der Waals surface area (Å²) < 4.78 is 29.7. The number of nitrogens with zero attached hydrogens (tertiary/aromatic N) is 1. The average molecular weight is 259 g/mol. The van der Waals surface area contributed by atoms with Crippen molar-refractivity contribution in [3.63, 3.8) is 0 Å². The van der Waals surface area contributed by atoms with Crippen molar-refractivity contribution in [3.05, 3.63) is 24.2 Å². The molecule has 2 unspecified atom stereocenters. The number of sulfonamides is 1. The van der Waals surface area contributed by atoms with E-state index in [1.807, 2.05) is 0 Å². The summed E-state index contributed by atoms with van der Waals surface area (Å²) >= 11 is 0. The second kappa shape index (κ2) is 3.83. The Morgan fingerprint density at radius 2 is 2.18 bits per heavy atom. The van der Waals surface area contributed by atoms with Gasteiger partial charge < -0.3 is 9.52 Å². The quantitative estimate of drug-likeness (QED) is 0.826. The number of furan rings is 1. The minimum Gasteiger partial charge on any atom is -0.467 e. The van der Waals surface area contributed by atoms with Crippen LogP contribution in [0, 0.1) is 0 Å². The first-order valence-electron chi connectivity index (χ1n) is 5.48. The normalized spacial score (nSPS) is 26.8. The number of aliphatic hydroxyl groups is 1. The number of hydrogen-bond acceptors (Lipinski definition) is 4. The van der Waals surface area contributed by atoms with Crippen LogP contribution in [0.4, 0.5) is 0 Å². The molecule has 1 aromatic heterocycles. The SMILES string of the molecule is CC(C)(C)S(=O)(=O)N1C[C@@H]1C(O)c1ccco1. The maximum absolute atomic E-state index is 12.1. The van der Waals surface area contributed by atoms with Gasteiger partial charge in [0.05, 0.1) is 17.1 Å². The molecule has 2 heterocycles. The van der Waals surface area contributed by atoms with Gasteiger partial charge in [-0.1, -0.05) is 0 Å². The van der Waals surface area contributed by atoms with Crippen molar-refractivity contribution in [1.29, 1.82) is 0 Å². The van der Waals surface area contributed by atoms with Crippen LogP contribution < -0.4 is 0 Å². The predicted molar refractivity (Wildman–Crippen MR) is 62.8 cm³/mol. The zero-order valence-electron chi connectivity index (χ0n) is 10.1. The van der Waals surface area contributed by atoms with Gasteiger partial charge in [0.1, 0.15) is 11.9 Å². The minimum absolute atomic E-state index is 0.349. The average Bonchev–Trinajstić information content (AvgIpc) is 2.83. The molecule has 6 heteroatoms. The van der Waals surface area contributed by atoms with Crippen LogP contribution in [0.25, 0.3) is 0 Å². The van der Waals surface area contributed by atoms with E-state index in [2.05, 4.69) is 0 Å². The van der Waals surface area contributed by atoms with Crippen molar-refractivity contribution in [3.8, 4) is 0 Å². The number of aliphatic hydroxyl groups excluding tert-OH is 1. The van der Waals surface area contributed by atoms with Crippen molar-refractivity contribution in [2.45, 2.75) is 37.7 Å². The Bertz CT molecular complexity index is 486. The lowest BCUT2D eigenvalue weighted by Gasteiger charge is -2.20. The molecule has 0 saturated carbocycles. The smallest absolute Gasteiger partial charge is 0.219 e. The first-order valence-corrected chi connectivity index (χ1v) is 6.92. The van der Waals surface area contributed by atoms with E-state index in [0.717, 1.165) is 0 Å². The first-order chi connectivity index (χ1) is 7.75. The molecule has 0 aromatic carbocycles. The summed E-state index contributed by atoms with van der Waals surface area (Å²) in [6.45, 7) is 5.30. The van der Waals surface area contributed by atoms with Crippen LogP contribution in [0.2, 0.25) is 0 Å². The molecule has 0 spiro atoms. The van der Waals surface area contributed by atoms with E-state index in [4.69, 9.17) is 4.42 Å². The highest BCUT2D eigenvalue weighted by atomic mass is 32.2. The van der Waals surface area contributed by atoms with Crippen molar-refractivity contribution in [1.82, 2.24) is 4.31 Å². The second-order valence-electron chi connectivity index (χ2n) is 5.21. The lowest BCUT2D eigenvalue weighted by atomic mass is 10.2. The lowest BCUT2D eigenvalue weighted by Crippen LogP contribution is -2.35. The van der Waals surface area contributed by atoms with E-state index in [-0.39, 0.29) is 0 Å². The van der Waals surface area contributed by atoms with Crippen LogP contribution in [0.3, 0.4) is 0 Å². The third-order valence-electron chi connectivity index (χ3n) is 2.89. The summed E-state index contributed by atoms with van der Waals surface area (Å²) in [7, 11) is -3.36. The highest BCUT2D eigenvalue weighted by Crippen LogP contribution is 2.37. The van der Waals surface area contributed by atoms with Crippen LogP contribution >= 0.6 is 0 Å². The van der Waals surface area contributed by atoms with E-state index < -0.39 is 26.9 Å². The topological polar surface area (TPSA) is 70.5 Å². The molecule has 5 nitrogen and oxygen atoms in total. The molecule has 3 atom stereocenters. The van der Waals surface area contributed by atoms with Gasteiger partial charge in [-0.3, -0.25) is 0 Å². The van der Waals surface area contributed by atoms with Gasteiger partial charge in [0, 0.05) is 6.54 Å². The minimum atomic E-state index is -3.36. The number of rotatable bonds is 3. The van der Waals surface area contributed by atoms with E-state index in [1.54, 1.807) is 32.9 Å². The van der Waals surface area contributed by atoms with Crippen molar-refractivity contribution >= 4 is 10.0 Å². The molecule has 1 aliphatic rings. The third-order valence-corrected chi connectivity index (χ3v) is 5.47. The van der Waals surface area contributed by atoms with Gasteiger partial charge in [0.15, 0.2) is 0 Å². The zero-order valence-corrected chi connectivity index (χ0v) is 10.9. The summed E-state index contributed by atoms with van der Waals surface area (Å²) in [5.74, 6) is 0.404. The molecule has 1 fully saturated rings. The Hall–Kier alpha value is -0.850. The van der Waals surface area contributed by atoms with Gasteiger partial charge in [-0.15, -0.1) is 0 Å². The van der Waals surface area contributed by atoms with Gasteiger partial charge in [0.25, 0.3) is 0 Å². The fourth-order valence-corrected chi connectivity index (χ4v) is 3.20. The molecular formula is C11H17NO4S. The fourth-order valence-electron chi connectivity index (χ4n) is 1.67. The first kappa shape index (κ1) is 12.6. The molecule has 0 radical (unpaired) electrons. The Balaban J connectivity index is 2.12. The van der Waals surface area contributed by atoms with E-state index in [1.165, 1.54) is 10.6 Å². The Morgan fingerprint density at radius 3 is 2.65 bits per heavy atom. The summed E-state index contributed by atoms with van der Waals surface area (Å²) in [5, 5.41) is 9.95. The van der Waals surface area contributed by atoms with E-state index >= 15 is 0 Å².